The van der Waals surface area contributed by atoms with Crippen molar-refractivity contribution < 1.29 is 31.9 Å². The number of alkyl halides is 5. The van der Waals surface area contributed by atoms with E-state index in [4.69, 9.17) is 0 Å². The van der Waals surface area contributed by atoms with Crippen LogP contribution in [0.15, 0.2) is 18.2 Å². The summed E-state index contributed by atoms with van der Waals surface area (Å²) < 4.78 is 68.0. The van der Waals surface area contributed by atoms with Gasteiger partial charge >= 0.3 is 6.18 Å². The summed E-state index contributed by atoms with van der Waals surface area (Å²) in [6.45, 7) is 2.09. The molecule has 1 unspecified atom stereocenters. The second kappa shape index (κ2) is 7.17. The third-order valence-electron chi connectivity index (χ3n) is 5.56. The number of phenols is 1. The Morgan fingerprint density at radius 1 is 1.21 bits per heavy atom. The van der Waals surface area contributed by atoms with E-state index in [1.54, 1.807) is 11.8 Å². The molecule has 1 spiro atoms. The first-order valence-electron chi connectivity index (χ1n) is 9.24. The minimum Gasteiger partial charge on any atom is -0.507 e. The second-order valence-corrected chi connectivity index (χ2v) is 7.80. The van der Waals surface area contributed by atoms with E-state index in [9.17, 15) is 31.9 Å². The van der Waals surface area contributed by atoms with Crippen LogP contribution < -0.4 is 0 Å². The standard InChI is InChI=1S/C19H23F5N2O2/c1-2-26-7-3-6-17(16(26)28)10-18(20,21)12-25(11-17)9-13-4-5-15(27)14(8-13)19(22,23)24/h4-5,8,27H,2-3,6-7,9-12H2,1H3. The number of carbonyl (C=O) groups excluding carboxylic acids is 1. The zero-order valence-corrected chi connectivity index (χ0v) is 15.5. The van der Waals surface area contributed by atoms with Crippen molar-refractivity contribution in [1.29, 1.82) is 0 Å². The van der Waals surface area contributed by atoms with E-state index in [2.05, 4.69) is 0 Å². The van der Waals surface area contributed by atoms with Gasteiger partial charge in [-0.2, -0.15) is 13.2 Å². The highest BCUT2D eigenvalue weighted by atomic mass is 19.4. The van der Waals surface area contributed by atoms with Gasteiger partial charge in [-0.1, -0.05) is 6.07 Å². The highest BCUT2D eigenvalue weighted by molar-refractivity contribution is 5.84. The lowest BCUT2D eigenvalue weighted by atomic mass is 9.71. The molecule has 2 saturated heterocycles. The third-order valence-corrected chi connectivity index (χ3v) is 5.56. The van der Waals surface area contributed by atoms with Gasteiger partial charge in [-0.3, -0.25) is 9.69 Å². The van der Waals surface area contributed by atoms with Crippen molar-refractivity contribution in [2.45, 2.75) is 44.8 Å². The third kappa shape index (κ3) is 4.09. The first kappa shape index (κ1) is 20.8. The molecule has 9 heteroatoms. The van der Waals surface area contributed by atoms with Crippen LogP contribution in [-0.4, -0.2) is 52.9 Å². The predicted octanol–water partition coefficient (Wildman–Crippen LogP) is 3.88. The predicted molar refractivity (Wildman–Crippen MR) is 91.9 cm³/mol. The fraction of sp³-hybridized carbons (Fsp3) is 0.632. The van der Waals surface area contributed by atoms with Gasteiger partial charge in [-0.15, -0.1) is 0 Å². The van der Waals surface area contributed by atoms with Gasteiger partial charge in [-0.05, 0) is 37.5 Å². The highest BCUT2D eigenvalue weighted by Crippen LogP contribution is 2.45. The van der Waals surface area contributed by atoms with Crippen LogP contribution in [0.3, 0.4) is 0 Å². The summed E-state index contributed by atoms with van der Waals surface area (Å²) in [7, 11) is 0. The molecule has 28 heavy (non-hydrogen) atoms. The zero-order chi connectivity index (χ0) is 20.7. The maximum Gasteiger partial charge on any atom is 0.419 e. The molecule has 1 N–H and O–H groups in total. The SMILES string of the molecule is CCN1CCCC2(CN(Cc3ccc(O)c(C(F)(F)F)c3)CC(F)(F)C2)C1=O. The number of benzene rings is 1. The van der Waals surface area contributed by atoms with Crippen molar-refractivity contribution in [3.63, 3.8) is 0 Å². The van der Waals surface area contributed by atoms with Crippen molar-refractivity contribution in [2.24, 2.45) is 5.41 Å². The van der Waals surface area contributed by atoms with Crippen LogP contribution in [0.4, 0.5) is 22.0 Å². The van der Waals surface area contributed by atoms with E-state index in [1.165, 1.54) is 11.0 Å². The summed E-state index contributed by atoms with van der Waals surface area (Å²) in [6, 6.07) is 2.97. The second-order valence-electron chi connectivity index (χ2n) is 7.80. The summed E-state index contributed by atoms with van der Waals surface area (Å²) >= 11 is 0. The zero-order valence-electron chi connectivity index (χ0n) is 15.5. The van der Waals surface area contributed by atoms with Gasteiger partial charge in [0.2, 0.25) is 5.91 Å². The van der Waals surface area contributed by atoms with E-state index >= 15 is 0 Å². The summed E-state index contributed by atoms with van der Waals surface area (Å²) in [5.74, 6) is -4.31. The van der Waals surface area contributed by atoms with Crippen molar-refractivity contribution in [2.75, 3.05) is 26.2 Å². The summed E-state index contributed by atoms with van der Waals surface area (Å²) in [6.07, 6.45) is -4.30. The molecule has 0 bridgehead atoms. The van der Waals surface area contributed by atoms with Gasteiger partial charge in [0.15, 0.2) is 0 Å². The quantitative estimate of drug-likeness (QED) is 0.775. The number of nitrogens with zero attached hydrogens (tertiary/aromatic N) is 2. The van der Waals surface area contributed by atoms with Crippen molar-refractivity contribution in [3.05, 3.63) is 29.3 Å². The molecule has 2 aliphatic rings. The molecule has 0 aliphatic carbocycles. The van der Waals surface area contributed by atoms with E-state index in [1.807, 2.05) is 0 Å². The molecule has 0 radical (unpaired) electrons. The fourth-order valence-corrected chi connectivity index (χ4v) is 4.46. The average Bonchev–Trinajstić information content (AvgIpc) is 2.57. The largest absolute Gasteiger partial charge is 0.507 e. The molecule has 3 rings (SSSR count). The Hall–Kier alpha value is -1.90. The molecular formula is C19H23F5N2O2. The van der Waals surface area contributed by atoms with E-state index in [0.29, 0.717) is 25.9 Å². The van der Waals surface area contributed by atoms with E-state index in [-0.39, 0.29) is 24.6 Å². The Morgan fingerprint density at radius 3 is 2.57 bits per heavy atom. The highest BCUT2D eigenvalue weighted by Gasteiger charge is 2.54. The van der Waals surface area contributed by atoms with Crippen LogP contribution in [-0.2, 0) is 17.5 Å². The molecule has 2 fully saturated rings. The Labute approximate surface area is 159 Å². The van der Waals surface area contributed by atoms with Crippen LogP contribution in [0.5, 0.6) is 5.75 Å². The van der Waals surface area contributed by atoms with Crippen LogP contribution in [0.25, 0.3) is 0 Å². The maximum absolute atomic E-state index is 14.5. The van der Waals surface area contributed by atoms with Gasteiger partial charge in [-0.25, -0.2) is 8.78 Å². The minimum atomic E-state index is -4.74. The molecular weight excluding hydrogens is 383 g/mol. The Morgan fingerprint density at radius 2 is 1.93 bits per heavy atom. The Balaban J connectivity index is 1.86. The molecule has 2 aliphatic heterocycles. The minimum absolute atomic E-state index is 0.0835. The maximum atomic E-state index is 14.5. The molecule has 0 aromatic heterocycles. The smallest absolute Gasteiger partial charge is 0.419 e. The monoisotopic (exact) mass is 406 g/mol. The Kier molecular flexibility index (Phi) is 5.33. The number of hydrogen-bond acceptors (Lipinski definition) is 3. The van der Waals surface area contributed by atoms with Crippen LogP contribution >= 0.6 is 0 Å². The lowest BCUT2D eigenvalue weighted by Crippen LogP contribution is -2.60. The summed E-state index contributed by atoms with van der Waals surface area (Å²) in [5, 5.41) is 9.45. The molecule has 2 heterocycles. The number of hydrogen-bond donors (Lipinski definition) is 1. The van der Waals surface area contributed by atoms with Gasteiger partial charge in [0, 0.05) is 32.6 Å². The topological polar surface area (TPSA) is 43.8 Å². The number of phenolic OH excluding ortho intramolecular Hbond substituents is 1. The van der Waals surface area contributed by atoms with E-state index < -0.39 is 41.8 Å². The number of aromatic hydroxyl groups is 1. The first-order chi connectivity index (χ1) is 13.0. The molecule has 0 saturated carbocycles. The summed E-state index contributed by atoms with van der Waals surface area (Å²) in [5.41, 5.74) is -2.25. The number of piperidine rings is 2. The van der Waals surface area contributed by atoms with E-state index in [0.717, 1.165) is 12.1 Å². The van der Waals surface area contributed by atoms with Gasteiger partial charge < -0.3 is 10.0 Å². The lowest BCUT2D eigenvalue weighted by molar-refractivity contribution is -0.170. The van der Waals surface area contributed by atoms with Crippen LogP contribution in [0.1, 0.15) is 37.3 Å². The van der Waals surface area contributed by atoms with Crippen molar-refractivity contribution >= 4 is 5.91 Å². The van der Waals surface area contributed by atoms with Gasteiger partial charge in [0.25, 0.3) is 5.92 Å². The van der Waals surface area contributed by atoms with Crippen molar-refractivity contribution in [3.8, 4) is 5.75 Å². The molecule has 1 amide bonds. The molecule has 1 atom stereocenters. The lowest BCUT2D eigenvalue weighted by Gasteiger charge is -2.49. The Bertz CT molecular complexity index is 752. The fourth-order valence-electron chi connectivity index (χ4n) is 4.46. The van der Waals surface area contributed by atoms with Gasteiger partial charge in [0.05, 0.1) is 17.5 Å². The first-order valence-corrected chi connectivity index (χ1v) is 9.24. The van der Waals surface area contributed by atoms with Crippen LogP contribution in [0.2, 0.25) is 0 Å². The normalized spacial score (nSPS) is 26.1. The molecule has 1 aromatic rings. The van der Waals surface area contributed by atoms with Crippen LogP contribution in [0, 0.1) is 5.41 Å². The number of amides is 1. The number of halogens is 5. The molecule has 1 aromatic carbocycles. The molecule has 156 valence electrons. The number of carbonyl (C=O) groups is 1. The average molecular weight is 406 g/mol. The molecule has 4 nitrogen and oxygen atoms in total. The van der Waals surface area contributed by atoms with Gasteiger partial charge in [0.1, 0.15) is 5.75 Å². The summed E-state index contributed by atoms with van der Waals surface area (Å²) in [4.78, 5) is 15.8. The number of rotatable bonds is 3. The number of likely N-dealkylation sites (tertiary alicyclic amines) is 2. The van der Waals surface area contributed by atoms with Crippen molar-refractivity contribution in [1.82, 2.24) is 9.80 Å².